The van der Waals surface area contributed by atoms with Crippen LogP contribution < -0.4 is 10.6 Å². The number of carbonyl (C=O) groups excluding carboxylic acids is 1. The van der Waals surface area contributed by atoms with Crippen LogP contribution in [0.25, 0.3) is 0 Å². The molecular weight excluding hydrogens is 444 g/mol. The van der Waals surface area contributed by atoms with Crippen molar-refractivity contribution in [1.82, 2.24) is 10.6 Å². The topological polar surface area (TPSA) is 84.5 Å². The predicted molar refractivity (Wildman–Crippen MR) is 128 cm³/mol. The van der Waals surface area contributed by atoms with Crippen LogP contribution in [0.2, 0.25) is 0 Å². The van der Waals surface area contributed by atoms with Gasteiger partial charge in [-0.3, -0.25) is 10.1 Å². The van der Waals surface area contributed by atoms with E-state index in [1.54, 1.807) is 23.9 Å². The summed E-state index contributed by atoms with van der Waals surface area (Å²) in [5.74, 6) is 0.614. The number of thioether (sulfide) groups is 1. The van der Waals surface area contributed by atoms with Gasteiger partial charge in [0.1, 0.15) is 11.3 Å². The molecule has 0 spiro atoms. The van der Waals surface area contributed by atoms with Crippen LogP contribution in [-0.4, -0.2) is 44.7 Å². The molecule has 176 valence electrons. The fourth-order valence-corrected chi connectivity index (χ4v) is 6.87. The van der Waals surface area contributed by atoms with Crippen LogP contribution in [-0.2, 0) is 19.4 Å². The van der Waals surface area contributed by atoms with Gasteiger partial charge in [-0.2, -0.15) is 0 Å². The zero-order valence-corrected chi connectivity index (χ0v) is 20.1. The lowest BCUT2D eigenvalue weighted by Crippen LogP contribution is -2.35. The Morgan fingerprint density at radius 2 is 1.97 bits per heavy atom. The minimum Gasteiger partial charge on any atom is -0.381 e. The average Bonchev–Trinajstić information content (AvgIpc) is 3.58. The molecule has 3 atom stereocenters. The summed E-state index contributed by atoms with van der Waals surface area (Å²) in [6.07, 6.45) is 8.97. The first-order valence-corrected chi connectivity index (χ1v) is 14.3. The molecule has 3 aliphatic rings. The predicted octanol–water partition coefficient (Wildman–Crippen LogP) is 3.94. The number of benzene rings is 1. The third kappa shape index (κ3) is 6.37. The Balaban J connectivity index is 1.41. The number of rotatable bonds is 11. The summed E-state index contributed by atoms with van der Waals surface area (Å²) in [6.45, 7) is 2.26. The van der Waals surface area contributed by atoms with Crippen molar-refractivity contribution in [3.8, 4) is 0 Å². The maximum atomic E-state index is 13.2. The average molecular weight is 479 g/mol. The van der Waals surface area contributed by atoms with E-state index in [1.807, 2.05) is 23.7 Å². The Morgan fingerprint density at radius 3 is 2.69 bits per heavy atom. The fourth-order valence-electron chi connectivity index (χ4n) is 4.53. The minimum atomic E-state index is -3.21. The van der Waals surface area contributed by atoms with Crippen LogP contribution in [0, 0.1) is 5.92 Å². The number of nitrogens with one attached hydrogen (secondary N) is 2. The first kappa shape index (κ1) is 23.8. The van der Waals surface area contributed by atoms with Gasteiger partial charge in [0.15, 0.2) is 9.84 Å². The van der Waals surface area contributed by atoms with Crippen molar-refractivity contribution in [3.63, 3.8) is 0 Å². The molecule has 3 unspecified atom stereocenters. The normalized spacial score (nSPS) is 24.6. The van der Waals surface area contributed by atoms with Crippen molar-refractivity contribution >= 4 is 27.4 Å². The van der Waals surface area contributed by atoms with E-state index >= 15 is 0 Å². The first-order valence-electron chi connectivity index (χ1n) is 11.8. The van der Waals surface area contributed by atoms with E-state index < -0.39 is 9.84 Å². The first-order chi connectivity index (χ1) is 15.5. The molecule has 32 heavy (non-hydrogen) atoms. The van der Waals surface area contributed by atoms with Gasteiger partial charge in [0, 0.05) is 38.3 Å². The zero-order valence-electron chi connectivity index (χ0n) is 18.5. The Bertz CT molecular complexity index is 881. The molecule has 4 rings (SSSR count). The molecule has 0 amide bonds. The highest BCUT2D eigenvalue weighted by Crippen LogP contribution is 2.35. The Labute approximate surface area is 195 Å². The number of hydrogen-bond acceptors (Lipinski definition) is 7. The van der Waals surface area contributed by atoms with E-state index in [0.717, 1.165) is 63.7 Å². The van der Waals surface area contributed by atoms with Gasteiger partial charge in [0.2, 0.25) is 0 Å². The number of ketones is 1. The Morgan fingerprint density at radius 1 is 1.16 bits per heavy atom. The molecular formula is C24H34N2O4S2. The molecule has 0 aromatic heterocycles. The number of hydrogen-bond donors (Lipinski definition) is 2. The summed E-state index contributed by atoms with van der Waals surface area (Å²) in [5, 5.41) is 8.32. The van der Waals surface area contributed by atoms with Gasteiger partial charge in [-0.25, -0.2) is 8.42 Å². The summed E-state index contributed by atoms with van der Waals surface area (Å²) in [5.41, 5.74) is 1.06. The number of carbonyl (C=O) groups is 1. The standard InChI is InChI=1S/C24H34N2O4S2/c27-23(11-13-25-24-26-14-17-31-24)22(10-3-18-2-1-15-30-16-12-18)19-4-6-20(7-5-19)32(28,29)21-8-9-21/h4-7,14,17-18,21-22,24-26H,1-3,8-13,15-16H2. The van der Waals surface area contributed by atoms with Gasteiger partial charge < -0.3 is 10.1 Å². The highest BCUT2D eigenvalue weighted by molar-refractivity contribution is 8.02. The van der Waals surface area contributed by atoms with Gasteiger partial charge in [0.05, 0.1) is 10.1 Å². The fraction of sp³-hybridized carbons (Fsp3) is 0.625. The molecule has 1 aromatic rings. The Hall–Kier alpha value is -1.35. The summed E-state index contributed by atoms with van der Waals surface area (Å²) >= 11 is 1.66. The molecule has 2 N–H and O–H groups in total. The quantitative estimate of drug-likeness (QED) is 0.498. The second kappa shape index (κ2) is 11.2. The summed E-state index contributed by atoms with van der Waals surface area (Å²) < 4.78 is 30.7. The lowest BCUT2D eigenvalue weighted by molar-refractivity contribution is -0.120. The lowest BCUT2D eigenvalue weighted by Gasteiger charge is -2.21. The molecule has 1 aromatic carbocycles. The van der Waals surface area contributed by atoms with Crippen molar-refractivity contribution in [2.75, 3.05) is 19.8 Å². The van der Waals surface area contributed by atoms with Gasteiger partial charge >= 0.3 is 0 Å². The molecule has 0 radical (unpaired) electrons. The number of ether oxygens (including phenoxy) is 1. The van der Waals surface area contributed by atoms with Crippen LogP contribution in [0.15, 0.2) is 40.8 Å². The molecule has 2 fully saturated rings. The molecule has 1 saturated carbocycles. The maximum Gasteiger partial charge on any atom is 0.181 e. The van der Waals surface area contributed by atoms with E-state index in [9.17, 15) is 13.2 Å². The van der Waals surface area contributed by atoms with Crippen molar-refractivity contribution in [2.24, 2.45) is 5.92 Å². The van der Waals surface area contributed by atoms with Crippen LogP contribution >= 0.6 is 11.8 Å². The number of sulfone groups is 1. The molecule has 6 nitrogen and oxygen atoms in total. The van der Waals surface area contributed by atoms with E-state index in [4.69, 9.17) is 4.74 Å². The van der Waals surface area contributed by atoms with E-state index in [1.165, 1.54) is 0 Å². The van der Waals surface area contributed by atoms with Crippen molar-refractivity contribution in [3.05, 3.63) is 41.4 Å². The second-order valence-electron chi connectivity index (χ2n) is 9.01. The third-order valence-electron chi connectivity index (χ3n) is 6.63. The van der Waals surface area contributed by atoms with Crippen molar-refractivity contribution in [1.29, 1.82) is 0 Å². The molecule has 2 aliphatic heterocycles. The zero-order chi connectivity index (χ0) is 22.4. The van der Waals surface area contributed by atoms with Crippen LogP contribution in [0.4, 0.5) is 0 Å². The summed E-state index contributed by atoms with van der Waals surface area (Å²) in [6, 6.07) is 7.12. The van der Waals surface area contributed by atoms with E-state index in [2.05, 4.69) is 10.6 Å². The third-order valence-corrected chi connectivity index (χ3v) is 9.78. The maximum absolute atomic E-state index is 13.2. The van der Waals surface area contributed by atoms with Gasteiger partial charge in [-0.1, -0.05) is 23.9 Å². The van der Waals surface area contributed by atoms with Crippen LogP contribution in [0.5, 0.6) is 0 Å². The summed E-state index contributed by atoms with van der Waals surface area (Å²) in [4.78, 5) is 13.6. The molecule has 8 heteroatoms. The molecule has 0 bridgehead atoms. The smallest absolute Gasteiger partial charge is 0.181 e. The van der Waals surface area contributed by atoms with Crippen molar-refractivity contribution < 1.29 is 17.9 Å². The van der Waals surface area contributed by atoms with Gasteiger partial charge in [0.25, 0.3) is 0 Å². The Kier molecular flexibility index (Phi) is 8.32. The minimum absolute atomic E-state index is 0.124. The summed E-state index contributed by atoms with van der Waals surface area (Å²) in [7, 11) is -3.21. The van der Waals surface area contributed by atoms with E-state index in [0.29, 0.717) is 23.8 Å². The van der Waals surface area contributed by atoms with Gasteiger partial charge in [-0.15, -0.1) is 0 Å². The lowest BCUT2D eigenvalue weighted by atomic mass is 9.84. The molecule has 2 heterocycles. The van der Waals surface area contributed by atoms with Crippen LogP contribution in [0.1, 0.15) is 62.8 Å². The molecule has 1 saturated heterocycles. The van der Waals surface area contributed by atoms with Crippen LogP contribution in [0.3, 0.4) is 0 Å². The largest absolute Gasteiger partial charge is 0.381 e. The molecule has 1 aliphatic carbocycles. The second-order valence-corrected chi connectivity index (χ2v) is 12.3. The number of Topliss-reactive ketones (excluding diaryl/α,β-unsaturated/α-hetero) is 1. The SMILES string of the molecule is O=C(CCNC1NC=CS1)C(CCC1CCCOCC1)c1ccc(S(=O)(=O)C2CC2)cc1. The monoisotopic (exact) mass is 478 g/mol. The van der Waals surface area contributed by atoms with Gasteiger partial charge in [-0.05, 0) is 74.0 Å². The van der Waals surface area contributed by atoms with E-state index in [-0.39, 0.29) is 22.4 Å². The highest BCUT2D eigenvalue weighted by Gasteiger charge is 2.37. The highest BCUT2D eigenvalue weighted by atomic mass is 32.2. The van der Waals surface area contributed by atoms with Crippen molar-refractivity contribution in [2.45, 2.75) is 72.9 Å².